The average Bonchev–Trinajstić information content (AvgIpc) is 2.53. The van der Waals surface area contributed by atoms with Gasteiger partial charge in [0.05, 0.1) is 13.0 Å². The van der Waals surface area contributed by atoms with Gasteiger partial charge in [-0.15, -0.1) is 0 Å². The first-order valence-corrected chi connectivity index (χ1v) is 8.47. The Hall–Kier alpha value is -1.90. The molecule has 1 aliphatic rings. The molecule has 2 rings (SSSR count). The van der Waals surface area contributed by atoms with Crippen molar-refractivity contribution >= 4 is 5.97 Å². The molecular weight excluding hydrogens is 304 g/mol. The minimum atomic E-state index is -1.03. The Bertz CT molecular complexity index is 617. The molecule has 0 aromatic heterocycles. The predicted octanol–water partition coefficient (Wildman–Crippen LogP) is 3.01. The van der Waals surface area contributed by atoms with E-state index in [-0.39, 0.29) is 12.4 Å². The maximum atomic E-state index is 12.4. The Kier molecular flexibility index (Phi) is 5.98. The van der Waals surface area contributed by atoms with E-state index in [4.69, 9.17) is 9.57 Å². The molecule has 1 saturated heterocycles. The van der Waals surface area contributed by atoms with Crippen molar-refractivity contribution in [1.29, 1.82) is 5.26 Å². The van der Waals surface area contributed by atoms with Gasteiger partial charge in [-0.25, -0.2) is 0 Å². The molecule has 5 nitrogen and oxygen atoms in total. The van der Waals surface area contributed by atoms with E-state index < -0.39 is 5.60 Å². The summed E-state index contributed by atoms with van der Waals surface area (Å²) in [5.41, 5.74) is 3.31. The molecule has 1 aromatic rings. The van der Waals surface area contributed by atoms with Crippen molar-refractivity contribution in [3.05, 3.63) is 34.4 Å². The van der Waals surface area contributed by atoms with Gasteiger partial charge in [0.25, 0.3) is 0 Å². The third-order valence-corrected chi connectivity index (χ3v) is 4.52. The van der Waals surface area contributed by atoms with Crippen LogP contribution in [0.4, 0.5) is 0 Å². The van der Waals surface area contributed by atoms with Crippen LogP contribution in [0.2, 0.25) is 0 Å². The van der Waals surface area contributed by atoms with E-state index in [0.717, 1.165) is 16.7 Å². The Morgan fingerprint density at radius 2 is 1.83 bits per heavy atom. The molecule has 5 heteroatoms. The largest absolute Gasteiger partial charge is 0.443 e. The van der Waals surface area contributed by atoms with E-state index in [9.17, 15) is 10.1 Å². The summed E-state index contributed by atoms with van der Waals surface area (Å²) < 4.78 is 5.62. The highest BCUT2D eigenvalue weighted by atomic mass is 16.7. The summed E-state index contributed by atoms with van der Waals surface area (Å²) >= 11 is 0. The van der Waals surface area contributed by atoms with Gasteiger partial charge in [-0.1, -0.05) is 17.7 Å². The first kappa shape index (κ1) is 18.4. The van der Waals surface area contributed by atoms with Crippen molar-refractivity contribution < 1.29 is 14.4 Å². The maximum absolute atomic E-state index is 12.4. The summed E-state index contributed by atoms with van der Waals surface area (Å²) in [4.78, 5) is 17.9. The van der Waals surface area contributed by atoms with Gasteiger partial charge in [0.2, 0.25) is 0 Å². The zero-order valence-corrected chi connectivity index (χ0v) is 15.0. The van der Waals surface area contributed by atoms with E-state index in [1.165, 1.54) is 5.56 Å². The number of rotatable bonds is 5. The normalized spacial score (nSPS) is 17.3. The molecule has 0 bridgehead atoms. The maximum Gasteiger partial charge on any atom is 0.311 e. The third kappa shape index (κ3) is 4.34. The van der Waals surface area contributed by atoms with Gasteiger partial charge < -0.3 is 4.74 Å². The summed E-state index contributed by atoms with van der Waals surface area (Å²) in [7, 11) is 0. The van der Waals surface area contributed by atoms with Gasteiger partial charge in [0, 0.05) is 25.9 Å². The predicted molar refractivity (Wildman–Crippen MR) is 91.2 cm³/mol. The first-order chi connectivity index (χ1) is 11.4. The van der Waals surface area contributed by atoms with Crippen LogP contribution in [0.15, 0.2) is 12.1 Å². The van der Waals surface area contributed by atoms with Crippen LogP contribution in [0, 0.1) is 32.1 Å². The minimum absolute atomic E-state index is 0.205. The van der Waals surface area contributed by atoms with E-state index in [1.54, 1.807) is 0 Å². The van der Waals surface area contributed by atoms with Gasteiger partial charge in [0.1, 0.15) is 6.07 Å². The van der Waals surface area contributed by atoms with Gasteiger partial charge >= 0.3 is 5.97 Å². The standard InChI is InChI=1S/C19H26N2O3/c1-5-23-21-8-6-19(13-20,7-9-21)24-18(22)12-17-15(3)10-14(2)11-16(17)4/h10-11H,5-9,12H2,1-4H3. The smallest absolute Gasteiger partial charge is 0.311 e. The highest BCUT2D eigenvalue weighted by Gasteiger charge is 2.39. The summed E-state index contributed by atoms with van der Waals surface area (Å²) in [6.07, 6.45) is 1.15. The Morgan fingerprint density at radius 1 is 1.25 bits per heavy atom. The first-order valence-electron chi connectivity index (χ1n) is 8.47. The number of nitrogens with zero attached hydrogens (tertiary/aromatic N) is 2. The van der Waals surface area contributed by atoms with E-state index in [2.05, 4.69) is 18.2 Å². The third-order valence-electron chi connectivity index (χ3n) is 4.52. The Labute approximate surface area is 144 Å². The zero-order valence-electron chi connectivity index (χ0n) is 15.0. The molecule has 0 unspecified atom stereocenters. The Morgan fingerprint density at radius 3 is 2.33 bits per heavy atom. The summed E-state index contributed by atoms with van der Waals surface area (Å²) in [6, 6.07) is 6.34. The number of esters is 1. The molecule has 24 heavy (non-hydrogen) atoms. The Balaban J connectivity index is 2.02. The number of carbonyl (C=O) groups is 1. The fourth-order valence-corrected chi connectivity index (χ4v) is 3.28. The lowest BCUT2D eigenvalue weighted by Gasteiger charge is -2.35. The number of carbonyl (C=O) groups excluding carboxylic acids is 1. The van der Waals surface area contributed by atoms with Crippen LogP contribution in [0.3, 0.4) is 0 Å². The molecule has 1 fully saturated rings. The lowest BCUT2D eigenvalue weighted by atomic mass is 9.93. The number of hydroxylamine groups is 2. The van der Waals surface area contributed by atoms with Crippen molar-refractivity contribution in [1.82, 2.24) is 5.06 Å². The second kappa shape index (κ2) is 7.78. The second-order valence-corrected chi connectivity index (χ2v) is 6.48. The molecule has 130 valence electrons. The number of hydrogen-bond acceptors (Lipinski definition) is 5. The molecule has 0 N–H and O–H groups in total. The lowest BCUT2D eigenvalue weighted by molar-refractivity contribution is -0.194. The minimum Gasteiger partial charge on any atom is -0.443 e. The quantitative estimate of drug-likeness (QED) is 0.777. The van der Waals surface area contributed by atoms with Crippen LogP contribution in [0.5, 0.6) is 0 Å². The second-order valence-electron chi connectivity index (χ2n) is 6.48. The molecule has 0 radical (unpaired) electrons. The lowest BCUT2D eigenvalue weighted by Crippen LogP contribution is -2.46. The molecular formula is C19H26N2O3. The van der Waals surface area contributed by atoms with Crippen LogP contribution in [0.1, 0.15) is 42.0 Å². The highest BCUT2D eigenvalue weighted by molar-refractivity contribution is 5.74. The van der Waals surface area contributed by atoms with Crippen LogP contribution in [-0.4, -0.2) is 36.3 Å². The number of aryl methyl sites for hydroxylation is 3. The topological polar surface area (TPSA) is 62.6 Å². The van der Waals surface area contributed by atoms with Crippen LogP contribution < -0.4 is 0 Å². The molecule has 1 heterocycles. The van der Waals surface area contributed by atoms with Gasteiger partial charge in [-0.3, -0.25) is 9.63 Å². The number of nitriles is 1. The fraction of sp³-hybridized carbons (Fsp3) is 0.579. The van der Waals surface area contributed by atoms with E-state index in [0.29, 0.717) is 32.5 Å². The van der Waals surface area contributed by atoms with Crippen LogP contribution in [0.25, 0.3) is 0 Å². The van der Waals surface area contributed by atoms with Crippen LogP contribution >= 0.6 is 0 Å². The van der Waals surface area contributed by atoms with Crippen molar-refractivity contribution in [2.45, 2.75) is 52.6 Å². The number of hydrogen-bond donors (Lipinski definition) is 0. The van der Waals surface area contributed by atoms with Crippen molar-refractivity contribution in [2.75, 3.05) is 19.7 Å². The SMILES string of the molecule is CCON1CCC(C#N)(OC(=O)Cc2c(C)cc(C)cc2C)CC1. The molecule has 0 saturated carbocycles. The van der Waals surface area contributed by atoms with Gasteiger partial charge in [-0.05, 0) is 44.4 Å². The van der Waals surface area contributed by atoms with Crippen molar-refractivity contribution in [3.8, 4) is 6.07 Å². The van der Waals surface area contributed by atoms with Crippen molar-refractivity contribution in [3.63, 3.8) is 0 Å². The summed E-state index contributed by atoms with van der Waals surface area (Å²) in [5, 5.41) is 11.4. The van der Waals surface area contributed by atoms with E-state index >= 15 is 0 Å². The van der Waals surface area contributed by atoms with Gasteiger partial charge in [-0.2, -0.15) is 10.3 Å². The molecule has 0 atom stereocenters. The molecule has 0 spiro atoms. The molecule has 0 aliphatic carbocycles. The number of ether oxygens (including phenoxy) is 1. The van der Waals surface area contributed by atoms with E-state index in [1.807, 2.05) is 32.8 Å². The number of benzene rings is 1. The van der Waals surface area contributed by atoms with Crippen molar-refractivity contribution in [2.24, 2.45) is 0 Å². The molecule has 1 aromatic carbocycles. The van der Waals surface area contributed by atoms with Gasteiger partial charge in [0.15, 0.2) is 5.60 Å². The van der Waals surface area contributed by atoms with Crippen LogP contribution in [-0.2, 0) is 20.8 Å². The highest BCUT2D eigenvalue weighted by Crippen LogP contribution is 2.27. The molecule has 0 amide bonds. The monoisotopic (exact) mass is 330 g/mol. The zero-order chi connectivity index (χ0) is 17.7. The molecule has 1 aliphatic heterocycles. The fourth-order valence-electron chi connectivity index (χ4n) is 3.28. The summed E-state index contributed by atoms with van der Waals surface area (Å²) in [5.74, 6) is -0.337. The number of piperidine rings is 1. The summed E-state index contributed by atoms with van der Waals surface area (Å²) in [6.45, 7) is 9.77. The average molecular weight is 330 g/mol.